The molecule has 5 nitrogen and oxygen atoms in total. The van der Waals surface area contributed by atoms with Crippen LogP contribution < -0.4 is 10.1 Å². The van der Waals surface area contributed by atoms with Gasteiger partial charge in [-0.3, -0.25) is 9.59 Å². The number of benzene rings is 3. The molecule has 0 saturated heterocycles. The summed E-state index contributed by atoms with van der Waals surface area (Å²) in [7, 11) is 0. The van der Waals surface area contributed by atoms with Gasteiger partial charge in [0.25, 0.3) is 5.91 Å². The Balaban J connectivity index is 1.90. The minimum absolute atomic E-state index is 0.000665. The summed E-state index contributed by atoms with van der Waals surface area (Å²) in [6.45, 7) is 7.91. The van der Waals surface area contributed by atoms with Crippen molar-refractivity contribution in [1.82, 2.24) is 10.2 Å². The van der Waals surface area contributed by atoms with E-state index in [1.165, 1.54) is 0 Å². The van der Waals surface area contributed by atoms with E-state index in [9.17, 15) is 9.59 Å². The van der Waals surface area contributed by atoms with Gasteiger partial charge in [0.2, 0.25) is 5.91 Å². The minimum atomic E-state index is -0.689. The van der Waals surface area contributed by atoms with Crippen LogP contribution in [0.4, 0.5) is 0 Å². The maximum Gasteiger partial charge on any atom is 0.261 e. The number of hydrogen-bond donors (Lipinski definition) is 1. The SMILES string of the molecule is CC[C@H](C)NC(=O)[C@@H](Cc1ccccc1)N(Cc1ccccc1)C(=O)COc1cc(C)c(Cl)c(C)c1. The summed E-state index contributed by atoms with van der Waals surface area (Å²) < 4.78 is 5.90. The van der Waals surface area contributed by atoms with Crippen molar-refractivity contribution in [3.05, 3.63) is 100 Å². The summed E-state index contributed by atoms with van der Waals surface area (Å²) in [5.74, 6) is 0.145. The lowest BCUT2D eigenvalue weighted by Crippen LogP contribution is -2.53. The lowest BCUT2D eigenvalue weighted by Gasteiger charge is -2.32. The van der Waals surface area contributed by atoms with Crippen molar-refractivity contribution in [3.63, 3.8) is 0 Å². The van der Waals surface area contributed by atoms with Crippen LogP contribution in [0.25, 0.3) is 0 Å². The largest absolute Gasteiger partial charge is 0.484 e. The molecule has 0 aliphatic carbocycles. The highest BCUT2D eigenvalue weighted by Crippen LogP contribution is 2.26. The van der Waals surface area contributed by atoms with Crippen molar-refractivity contribution in [2.75, 3.05) is 6.61 Å². The molecule has 0 bridgehead atoms. The Morgan fingerprint density at radius 3 is 2.06 bits per heavy atom. The number of halogens is 1. The van der Waals surface area contributed by atoms with Gasteiger partial charge in [0.1, 0.15) is 11.8 Å². The van der Waals surface area contributed by atoms with E-state index in [-0.39, 0.29) is 24.5 Å². The molecule has 0 fully saturated rings. The van der Waals surface area contributed by atoms with Gasteiger partial charge in [0.15, 0.2) is 6.61 Å². The molecule has 0 spiro atoms. The fourth-order valence-electron chi connectivity index (χ4n) is 3.99. The number of carbonyl (C=O) groups is 2. The molecule has 3 aromatic rings. The summed E-state index contributed by atoms with van der Waals surface area (Å²) >= 11 is 6.28. The third-order valence-electron chi connectivity index (χ3n) is 6.24. The van der Waals surface area contributed by atoms with Gasteiger partial charge in [0, 0.05) is 24.0 Å². The summed E-state index contributed by atoms with van der Waals surface area (Å²) in [5.41, 5.74) is 3.70. The van der Waals surface area contributed by atoms with Crippen LogP contribution in [0.1, 0.15) is 42.5 Å². The molecule has 0 radical (unpaired) electrons. The Bertz CT molecular complexity index is 1130. The van der Waals surface area contributed by atoms with Crippen molar-refractivity contribution in [1.29, 1.82) is 0 Å². The molecule has 2 atom stereocenters. The zero-order valence-electron chi connectivity index (χ0n) is 21.5. The molecule has 3 aromatic carbocycles. The highest BCUT2D eigenvalue weighted by Gasteiger charge is 2.31. The van der Waals surface area contributed by atoms with Gasteiger partial charge in [-0.15, -0.1) is 0 Å². The molecular weight excluding hydrogens is 472 g/mol. The van der Waals surface area contributed by atoms with Crippen LogP contribution in [0.5, 0.6) is 5.75 Å². The summed E-state index contributed by atoms with van der Waals surface area (Å²) in [6, 6.07) is 22.4. The van der Waals surface area contributed by atoms with Crippen molar-refractivity contribution in [2.24, 2.45) is 0 Å². The Morgan fingerprint density at radius 2 is 1.50 bits per heavy atom. The van der Waals surface area contributed by atoms with E-state index in [1.54, 1.807) is 4.90 Å². The molecule has 3 rings (SSSR count). The van der Waals surface area contributed by atoms with Crippen LogP contribution in [0.2, 0.25) is 5.02 Å². The molecule has 0 unspecified atom stereocenters. The number of nitrogens with zero attached hydrogens (tertiary/aromatic N) is 1. The van der Waals surface area contributed by atoms with Gasteiger partial charge in [-0.2, -0.15) is 0 Å². The van der Waals surface area contributed by atoms with E-state index in [2.05, 4.69) is 5.32 Å². The zero-order chi connectivity index (χ0) is 26.1. The van der Waals surface area contributed by atoms with Crippen molar-refractivity contribution < 1.29 is 14.3 Å². The van der Waals surface area contributed by atoms with Crippen LogP contribution in [0, 0.1) is 13.8 Å². The van der Waals surface area contributed by atoms with Crippen LogP contribution in [-0.2, 0) is 22.6 Å². The second-order valence-corrected chi connectivity index (χ2v) is 9.57. The van der Waals surface area contributed by atoms with Crippen LogP contribution in [0.3, 0.4) is 0 Å². The van der Waals surface area contributed by atoms with Gasteiger partial charge < -0.3 is 15.0 Å². The summed E-state index contributed by atoms with van der Waals surface area (Å²) in [5, 5.41) is 3.76. The number of rotatable bonds is 11. The van der Waals surface area contributed by atoms with Crippen LogP contribution in [-0.4, -0.2) is 35.4 Å². The average molecular weight is 507 g/mol. The van der Waals surface area contributed by atoms with Gasteiger partial charge in [-0.1, -0.05) is 79.2 Å². The van der Waals surface area contributed by atoms with Crippen molar-refractivity contribution in [3.8, 4) is 5.75 Å². The zero-order valence-corrected chi connectivity index (χ0v) is 22.2. The second kappa shape index (κ2) is 13.1. The molecule has 0 saturated carbocycles. The fraction of sp³-hybridized carbons (Fsp3) is 0.333. The standard InChI is InChI=1S/C30H35ClN2O3/c1-5-23(4)32-30(35)27(18-24-12-8-6-9-13-24)33(19-25-14-10-7-11-15-25)28(34)20-36-26-16-21(2)29(31)22(3)17-26/h6-17,23,27H,5,18-20H2,1-4H3,(H,32,35)/t23-,27+/m0/s1. The van der Waals surface area contributed by atoms with E-state index in [4.69, 9.17) is 16.3 Å². The van der Waals surface area contributed by atoms with Crippen LogP contribution in [0.15, 0.2) is 72.8 Å². The number of hydrogen-bond acceptors (Lipinski definition) is 3. The molecule has 36 heavy (non-hydrogen) atoms. The quantitative estimate of drug-likeness (QED) is 0.352. The highest BCUT2D eigenvalue weighted by atomic mass is 35.5. The predicted octanol–water partition coefficient (Wildman–Crippen LogP) is 5.89. The van der Waals surface area contributed by atoms with E-state index in [1.807, 2.05) is 100 Å². The maximum atomic E-state index is 13.6. The topological polar surface area (TPSA) is 58.6 Å². The van der Waals surface area contributed by atoms with Gasteiger partial charge in [-0.05, 0) is 61.6 Å². The molecule has 0 heterocycles. The van der Waals surface area contributed by atoms with Gasteiger partial charge in [0.05, 0.1) is 0 Å². The Hall–Kier alpha value is -3.31. The lowest BCUT2D eigenvalue weighted by atomic mass is 10.0. The number of nitrogens with one attached hydrogen (secondary N) is 1. The lowest BCUT2D eigenvalue weighted by molar-refractivity contribution is -0.143. The molecule has 0 aliphatic rings. The normalized spacial score (nSPS) is 12.5. The molecule has 190 valence electrons. The first-order chi connectivity index (χ1) is 17.3. The molecule has 2 amide bonds. The number of carbonyl (C=O) groups excluding carboxylic acids is 2. The molecular formula is C30H35ClN2O3. The molecule has 6 heteroatoms. The van der Waals surface area contributed by atoms with E-state index < -0.39 is 6.04 Å². The monoisotopic (exact) mass is 506 g/mol. The van der Waals surface area contributed by atoms with Crippen molar-refractivity contribution >= 4 is 23.4 Å². The van der Waals surface area contributed by atoms with Gasteiger partial charge in [-0.25, -0.2) is 0 Å². The second-order valence-electron chi connectivity index (χ2n) is 9.19. The number of aryl methyl sites for hydroxylation is 2. The van der Waals surface area contributed by atoms with E-state index in [0.717, 1.165) is 28.7 Å². The van der Waals surface area contributed by atoms with Gasteiger partial charge >= 0.3 is 0 Å². The maximum absolute atomic E-state index is 13.6. The molecule has 0 aliphatic heterocycles. The Kier molecular flexibility index (Phi) is 9.95. The van der Waals surface area contributed by atoms with Crippen LogP contribution >= 0.6 is 11.6 Å². The highest BCUT2D eigenvalue weighted by molar-refractivity contribution is 6.32. The average Bonchev–Trinajstić information content (AvgIpc) is 2.88. The first-order valence-electron chi connectivity index (χ1n) is 12.4. The number of amides is 2. The van der Waals surface area contributed by atoms with E-state index >= 15 is 0 Å². The molecule has 1 N–H and O–H groups in total. The summed E-state index contributed by atoms with van der Waals surface area (Å²) in [6.07, 6.45) is 1.20. The summed E-state index contributed by atoms with van der Waals surface area (Å²) in [4.78, 5) is 28.8. The third-order valence-corrected chi connectivity index (χ3v) is 6.84. The fourth-order valence-corrected chi connectivity index (χ4v) is 4.10. The third kappa shape index (κ3) is 7.59. The predicted molar refractivity (Wildman–Crippen MR) is 145 cm³/mol. The Morgan fingerprint density at radius 1 is 0.944 bits per heavy atom. The van der Waals surface area contributed by atoms with Crippen molar-refractivity contribution in [2.45, 2.75) is 59.2 Å². The van der Waals surface area contributed by atoms with E-state index in [0.29, 0.717) is 23.7 Å². The Labute approximate surface area is 219 Å². The molecule has 0 aromatic heterocycles. The first kappa shape index (κ1) is 27.3. The first-order valence-corrected chi connectivity index (χ1v) is 12.7. The number of ether oxygens (including phenoxy) is 1. The smallest absolute Gasteiger partial charge is 0.261 e. The minimum Gasteiger partial charge on any atom is -0.484 e.